The number of carbonyl (C=O) groups is 4. The van der Waals surface area contributed by atoms with Gasteiger partial charge in [-0.1, -0.05) is 291 Å². The Morgan fingerprint density at radius 3 is 0.863 bits per heavy atom. The fourth-order valence-corrected chi connectivity index (χ4v) is 12.2. The summed E-state index contributed by atoms with van der Waals surface area (Å²) in [6, 6.07) is 0. The molecule has 5 unspecified atom stereocenters. The molecule has 5 atom stereocenters. The van der Waals surface area contributed by atoms with Crippen LogP contribution in [-0.2, 0) is 65.4 Å². The topological polar surface area (TPSA) is 237 Å². The standard InChI is InChI=1S/C83H144O17P2/c1-5-9-13-17-21-25-29-33-36-37-38-39-42-45-48-52-56-60-64-68-81(86)94-73-78(99-82(87)69-65-61-57-53-49-43-32-28-24-20-16-12-8-4)75-97-101(89,90)95-71-77(84)72-96-102(91,92)98-76-79(100-83(88)70-66-62-58-54-50-46-41-35-31-27-23-19-15-11-7-3)74-93-80(85)67-63-59-55-51-47-44-40-34-30-26-22-18-14-10-6-2/h10,14,16,20-22,25-26,28,32-34,36,38-40,47,51,77-79,84H,5-9,11-13,15,17-19,23-24,27,29-31,35,37,41-46,48-50,52-76H2,1-4H3,(H,89,90)(H,91,92)/b14-10-,20-16-,25-21-,26-22-,32-28-,36-33-,39-38-,40-34-,51-47-. The first-order valence-corrected chi connectivity index (χ1v) is 43.1. The van der Waals surface area contributed by atoms with E-state index in [4.69, 9.17) is 37.0 Å². The third kappa shape index (κ3) is 74.0. The molecule has 17 nitrogen and oxygen atoms in total. The van der Waals surface area contributed by atoms with Crippen molar-refractivity contribution < 1.29 is 80.2 Å². The highest BCUT2D eigenvalue weighted by molar-refractivity contribution is 7.47. The number of phosphoric acid groups is 2. The quantitative estimate of drug-likeness (QED) is 0.0169. The molecule has 19 heteroatoms. The van der Waals surface area contributed by atoms with Gasteiger partial charge in [-0.15, -0.1) is 0 Å². The highest BCUT2D eigenvalue weighted by Crippen LogP contribution is 2.45. The van der Waals surface area contributed by atoms with Crippen LogP contribution in [0.2, 0.25) is 0 Å². The molecule has 0 fully saturated rings. The van der Waals surface area contributed by atoms with E-state index >= 15 is 0 Å². The molecule has 0 aromatic carbocycles. The molecule has 0 aromatic rings. The molecule has 0 aliphatic heterocycles. The summed E-state index contributed by atoms with van der Waals surface area (Å²) in [6.07, 6.45) is 80.7. The summed E-state index contributed by atoms with van der Waals surface area (Å²) in [4.78, 5) is 73.0. The first-order chi connectivity index (χ1) is 49.7. The molecule has 0 aromatic heterocycles. The minimum Gasteiger partial charge on any atom is -0.462 e. The van der Waals surface area contributed by atoms with Crippen molar-refractivity contribution in [1.82, 2.24) is 0 Å². The van der Waals surface area contributed by atoms with Crippen molar-refractivity contribution in [2.24, 2.45) is 0 Å². The summed E-state index contributed by atoms with van der Waals surface area (Å²) in [6.45, 7) is 4.63. The highest BCUT2D eigenvalue weighted by Gasteiger charge is 2.30. The lowest BCUT2D eigenvalue weighted by molar-refractivity contribution is -0.161. The van der Waals surface area contributed by atoms with Gasteiger partial charge >= 0.3 is 39.5 Å². The van der Waals surface area contributed by atoms with Crippen LogP contribution in [-0.4, -0.2) is 96.7 Å². The summed E-state index contributed by atoms with van der Waals surface area (Å²) in [5, 5.41) is 10.6. The predicted octanol–water partition coefficient (Wildman–Crippen LogP) is 23.3. The van der Waals surface area contributed by atoms with Crippen LogP contribution >= 0.6 is 15.6 Å². The average molecular weight is 1480 g/mol. The van der Waals surface area contributed by atoms with Crippen molar-refractivity contribution >= 4 is 39.5 Å². The van der Waals surface area contributed by atoms with E-state index in [0.29, 0.717) is 25.7 Å². The third-order valence-electron chi connectivity index (χ3n) is 16.7. The van der Waals surface area contributed by atoms with Gasteiger partial charge in [-0.05, 0) is 128 Å². The molecule has 0 radical (unpaired) electrons. The Bertz CT molecular complexity index is 2360. The molecule has 0 spiro atoms. The minimum absolute atomic E-state index is 0.0742. The van der Waals surface area contributed by atoms with Crippen LogP contribution in [0.1, 0.15) is 336 Å². The van der Waals surface area contributed by atoms with Gasteiger partial charge in [-0.25, -0.2) is 9.13 Å². The van der Waals surface area contributed by atoms with Crippen LogP contribution in [0.3, 0.4) is 0 Å². The molecule has 0 bridgehead atoms. The number of hydrogen-bond donors (Lipinski definition) is 3. The number of carbonyl (C=O) groups excluding carboxylic acids is 4. The van der Waals surface area contributed by atoms with Crippen LogP contribution in [0.4, 0.5) is 0 Å². The first-order valence-electron chi connectivity index (χ1n) is 40.1. The fraction of sp³-hybridized carbons (Fsp3) is 0.735. The Morgan fingerprint density at radius 1 is 0.284 bits per heavy atom. The number of phosphoric ester groups is 2. The molecule has 3 N–H and O–H groups in total. The number of esters is 4. The average Bonchev–Trinajstić information content (AvgIpc) is 0.919. The summed E-state index contributed by atoms with van der Waals surface area (Å²) < 4.78 is 68.6. The number of aliphatic hydroxyl groups is 1. The maximum absolute atomic E-state index is 13.1. The lowest BCUT2D eigenvalue weighted by Gasteiger charge is -2.21. The predicted molar refractivity (Wildman–Crippen MR) is 418 cm³/mol. The number of unbranched alkanes of at least 4 members (excludes halogenated alkanes) is 31. The summed E-state index contributed by atoms with van der Waals surface area (Å²) >= 11 is 0. The minimum atomic E-state index is -4.99. The zero-order valence-corrected chi connectivity index (χ0v) is 66.0. The Morgan fingerprint density at radius 2 is 0.529 bits per heavy atom. The van der Waals surface area contributed by atoms with E-state index in [-0.39, 0.29) is 25.7 Å². The Labute approximate surface area is 619 Å². The second kappa shape index (κ2) is 75.0. The van der Waals surface area contributed by atoms with Crippen molar-refractivity contribution in [3.05, 3.63) is 109 Å². The van der Waals surface area contributed by atoms with Gasteiger partial charge in [-0.2, -0.15) is 0 Å². The lowest BCUT2D eigenvalue weighted by Crippen LogP contribution is -2.30. The van der Waals surface area contributed by atoms with Gasteiger partial charge in [-0.3, -0.25) is 37.3 Å². The smallest absolute Gasteiger partial charge is 0.462 e. The molecule has 0 heterocycles. The van der Waals surface area contributed by atoms with E-state index < -0.39 is 97.5 Å². The van der Waals surface area contributed by atoms with Crippen LogP contribution in [0, 0.1) is 0 Å². The van der Waals surface area contributed by atoms with Crippen LogP contribution < -0.4 is 0 Å². The van der Waals surface area contributed by atoms with Gasteiger partial charge < -0.3 is 33.8 Å². The number of aliphatic hydroxyl groups excluding tert-OH is 1. The van der Waals surface area contributed by atoms with Crippen LogP contribution in [0.15, 0.2) is 109 Å². The van der Waals surface area contributed by atoms with Gasteiger partial charge in [0.05, 0.1) is 26.4 Å². The van der Waals surface area contributed by atoms with Crippen molar-refractivity contribution in [3.63, 3.8) is 0 Å². The number of hydrogen-bond acceptors (Lipinski definition) is 15. The largest absolute Gasteiger partial charge is 0.472 e. The molecular weight excluding hydrogens is 1330 g/mol. The molecule has 0 aliphatic carbocycles. The highest BCUT2D eigenvalue weighted by atomic mass is 31.2. The SMILES string of the molecule is CC/C=C\C/C=C\C/C=C\C/C=C\CCCCC(=O)OCC(COP(=O)(O)OCC(O)COP(=O)(O)OCC(COC(=O)CCCCCCCC/C=C\C/C=C\C/C=C\CCCCC)OC(=O)CCCCCCC/C=C\C/C=C\CCC)OC(=O)CCCCCCCCCCCCCCCCC. The molecule has 0 aliphatic rings. The van der Waals surface area contributed by atoms with E-state index in [9.17, 15) is 43.2 Å². The molecule has 0 rings (SSSR count). The monoisotopic (exact) mass is 1470 g/mol. The molecule has 0 saturated carbocycles. The van der Waals surface area contributed by atoms with Crippen molar-refractivity contribution in [2.45, 2.75) is 354 Å². The zero-order chi connectivity index (χ0) is 74.6. The Hall–Kier alpha value is -4.28. The number of ether oxygens (including phenoxy) is 4. The van der Waals surface area contributed by atoms with Crippen molar-refractivity contribution in [2.75, 3.05) is 39.6 Å². The van der Waals surface area contributed by atoms with Crippen molar-refractivity contribution in [3.8, 4) is 0 Å². The molecule has 0 saturated heterocycles. The van der Waals surface area contributed by atoms with Gasteiger partial charge in [0.15, 0.2) is 12.2 Å². The van der Waals surface area contributed by atoms with Gasteiger partial charge in [0.25, 0.3) is 0 Å². The maximum Gasteiger partial charge on any atom is 0.472 e. The van der Waals surface area contributed by atoms with E-state index in [1.54, 1.807) is 0 Å². The molecule has 102 heavy (non-hydrogen) atoms. The molecular formula is C83H144O17P2. The summed E-state index contributed by atoms with van der Waals surface area (Å²) in [5.74, 6) is -2.24. The summed E-state index contributed by atoms with van der Waals surface area (Å²) in [5.41, 5.74) is 0. The van der Waals surface area contributed by atoms with Crippen LogP contribution in [0.25, 0.3) is 0 Å². The Kier molecular flexibility index (Phi) is 71.8. The van der Waals surface area contributed by atoms with E-state index in [1.165, 1.54) is 83.5 Å². The van der Waals surface area contributed by atoms with E-state index in [2.05, 4.69) is 137 Å². The van der Waals surface area contributed by atoms with Gasteiger partial charge in [0.1, 0.15) is 19.3 Å². The molecule has 0 amide bonds. The maximum atomic E-state index is 13.1. The lowest BCUT2D eigenvalue weighted by atomic mass is 10.0. The van der Waals surface area contributed by atoms with E-state index in [1.807, 2.05) is 0 Å². The van der Waals surface area contributed by atoms with Crippen LogP contribution in [0.5, 0.6) is 0 Å². The molecule has 588 valence electrons. The Balaban J connectivity index is 5.37. The number of rotatable bonds is 75. The third-order valence-corrected chi connectivity index (χ3v) is 18.6. The van der Waals surface area contributed by atoms with Gasteiger partial charge in [0.2, 0.25) is 0 Å². The van der Waals surface area contributed by atoms with E-state index in [0.717, 1.165) is 173 Å². The zero-order valence-electron chi connectivity index (χ0n) is 64.3. The normalized spacial score (nSPS) is 14.5. The second-order valence-electron chi connectivity index (χ2n) is 26.6. The van der Waals surface area contributed by atoms with Gasteiger partial charge in [0, 0.05) is 25.7 Å². The van der Waals surface area contributed by atoms with Crippen molar-refractivity contribution in [1.29, 1.82) is 0 Å². The number of allylic oxidation sites excluding steroid dienone is 18. The second-order valence-corrected chi connectivity index (χ2v) is 29.5. The first kappa shape index (κ1) is 97.7. The fourth-order valence-electron chi connectivity index (χ4n) is 10.6. The summed E-state index contributed by atoms with van der Waals surface area (Å²) in [7, 11) is -9.97.